The van der Waals surface area contributed by atoms with E-state index in [1.54, 1.807) is 4.90 Å². The summed E-state index contributed by atoms with van der Waals surface area (Å²) in [6.07, 6.45) is 1.79. The Balaban J connectivity index is 1.29. The van der Waals surface area contributed by atoms with E-state index in [0.717, 1.165) is 37.6 Å². The molecule has 2 amide bonds. The molecule has 3 aromatic carbocycles. The molecule has 2 aliphatic heterocycles. The lowest BCUT2D eigenvalue weighted by Gasteiger charge is -2.62. The van der Waals surface area contributed by atoms with Crippen molar-refractivity contribution in [2.75, 3.05) is 25.0 Å². The topological polar surface area (TPSA) is 35.6 Å². The van der Waals surface area contributed by atoms with Gasteiger partial charge in [0.15, 0.2) is 0 Å². The van der Waals surface area contributed by atoms with Crippen LogP contribution in [0.5, 0.6) is 0 Å². The van der Waals surface area contributed by atoms with Gasteiger partial charge < -0.3 is 10.2 Å². The van der Waals surface area contributed by atoms with Crippen molar-refractivity contribution in [1.29, 1.82) is 0 Å². The molecule has 5 rings (SSSR count). The number of rotatable bonds is 4. The zero-order chi connectivity index (χ0) is 24.6. The van der Waals surface area contributed by atoms with Crippen molar-refractivity contribution in [2.45, 2.75) is 38.8 Å². The summed E-state index contributed by atoms with van der Waals surface area (Å²) < 4.78 is 27.0. The molecule has 3 aromatic rings. The summed E-state index contributed by atoms with van der Waals surface area (Å²) in [4.78, 5) is 17.1. The summed E-state index contributed by atoms with van der Waals surface area (Å²) in [7, 11) is 0. The fourth-order valence-electron chi connectivity index (χ4n) is 5.71. The summed E-state index contributed by atoms with van der Waals surface area (Å²) in [6, 6.07) is 22.8. The van der Waals surface area contributed by atoms with E-state index < -0.39 is 11.6 Å². The minimum atomic E-state index is -0.706. The lowest BCUT2D eigenvalue weighted by Crippen LogP contribution is -2.64. The first-order valence-corrected chi connectivity index (χ1v) is 12.3. The quantitative estimate of drug-likeness (QED) is 0.455. The fraction of sp³-hybridized carbons (Fsp3) is 0.345. The van der Waals surface area contributed by atoms with E-state index in [1.165, 1.54) is 16.7 Å². The highest BCUT2D eigenvalue weighted by Crippen LogP contribution is 2.55. The summed E-state index contributed by atoms with van der Waals surface area (Å²) >= 11 is 0. The molecule has 0 aliphatic carbocycles. The molecule has 2 heterocycles. The number of carbonyl (C=O) groups excluding carboxylic acids is 1. The molecule has 182 valence electrons. The Hall–Kier alpha value is -3.25. The number of hydrogen-bond donors (Lipinski definition) is 1. The number of likely N-dealkylation sites (tertiary alicyclic amines) is 2. The maximum atomic E-state index is 13.5. The SMILES string of the molecule is CC(C)N1CC2(CCN(C(=O)Nc3cc(F)cc(F)c3)CC2)C1c1ccc(-c2ccccc2)cc1. The molecule has 2 fully saturated rings. The van der Waals surface area contributed by atoms with Gasteiger partial charge in [-0.25, -0.2) is 13.6 Å². The van der Waals surface area contributed by atoms with Crippen molar-refractivity contribution in [2.24, 2.45) is 5.41 Å². The van der Waals surface area contributed by atoms with E-state index in [4.69, 9.17) is 0 Å². The molecule has 2 saturated heterocycles. The number of nitrogens with one attached hydrogen (secondary N) is 1. The van der Waals surface area contributed by atoms with Crippen molar-refractivity contribution in [1.82, 2.24) is 9.80 Å². The average molecular weight is 476 g/mol. The van der Waals surface area contributed by atoms with Crippen molar-refractivity contribution in [3.63, 3.8) is 0 Å². The van der Waals surface area contributed by atoms with Crippen LogP contribution in [0.4, 0.5) is 19.3 Å². The molecular weight excluding hydrogens is 444 g/mol. The van der Waals surface area contributed by atoms with Gasteiger partial charge in [-0.3, -0.25) is 4.90 Å². The predicted octanol–water partition coefficient (Wildman–Crippen LogP) is 6.71. The van der Waals surface area contributed by atoms with Crippen LogP contribution in [0.3, 0.4) is 0 Å². The Bertz CT molecular complexity index is 1170. The average Bonchev–Trinajstić information content (AvgIpc) is 2.83. The third-order valence-corrected chi connectivity index (χ3v) is 7.57. The van der Waals surface area contributed by atoms with Gasteiger partial charge in [0.2, 0.25) is 0 Å². The minimum Gasteiger partial charge on any atom is -0.324 e. The van der Waals surface area contributed by atoms with Gasteiger partial charge in [0.05, 0.1) is 0 Å². The Kier molecular flexibility index (Phi) is 6.32. The summed E-state index contributed by atoms with van der Waals surface area (Å²) in [5.74, 6) is -1.41. The number of hydrogen-bond acceptors (Lipinski definition) is 2. The van der Waals surface area contributed by atoms with Crippen LogP contribution in [0.25, 0.3) is 11.1 Å². The Labute approximate surface area is 205 Å². The molecule has 0 saturated carbocycles. The first-order valence-electron chi connectivity index (χ1n) is 12.3. The molecule has 35 heavy (non-hydrogen) atoms. The second-order valence-corrected chi connectivity index (χ2v) is 10.1. The van der Waals surface area contributed by atoms with Crippen LogP contribution in [-0.2, 0) is 0 Å². The monoisotopic (exact) mass is 475 g/mol. The smallest absolute Gasteiger partial charge is 0.321 e. The van der Waals surface area contributed by atoms with Gasteiger partial charge in [0, 0.05) is 48.9 Å². The van der Waals surface area contributed by atoms with Crippen molar-refractivity contribution < 1.29 is 13.6 Å². The third kappa shape index (κ3) is 4.67. The van der Waals surface area contributed by atoms with E-state index in [9.17, 15) is 13.6 Å². The first-order chi connectivity index (χ1) is 16.8. The first kappa shape index (κ1) is 23.5. The molecule has 0 aromatic heterocycles. The lowest BCUT2D eigenvalue weighted by molar-refractivity contribution is -0.123. The number of halogens is 2. The minimum absolute atomic E-state index is 0.125. The number of nitrogens with zero attached hydrogens (tertiary/aromatic N) is 2. The van der Waals surface area contributed by atoms with Crippen LogP contribution in [0, 0.1) is 17.0 Å². The molecule has 0 bridgehead atoms. The number of anilines is 1. The van der Waals surface area contributed by atoms with Crippen LogP contribution in [-0.4, -0.2) is 41.5 Å². The van der Waals surface area contributed by atoms with E-state index in [1.807, 2.05) is 6.07 Å². The molecule has 1 spiro atoms. The van der Waals surface area contributed by atoms with Crippen LogP contribution < -0.4 is 5.32 Å². The number of urea groups is 1. The zero-order valence-electron chi connectivity index (χ0n) is 20.2. The zero-order valence-corrected chi connectivity index (χ0v) is 20.2. The highest BCUT2D eigenvalue weighted by Gasteiger charge is 2.54. The van der Waals surface area contributed by atoms with E-state index >= 15 is 0 Å². The molecular formula is C29H31F2N3O. The number of carbonyl (C=O) groups is 1. The van der Waals surface area contributed by atoms with Gasteiger partial charge in [-0.1, -0.05) is 54.6 Å². The van der Waals surface area contributed by atoms with E-state index in [0.29, 0.717) is 25.2 Å². The molecule has 4 nitrogen and oxygen atoms in total. The summed E-state index contributed by atoms with van der Waals surface area (Å²) in [5, 5.41) is 2.64. The Morgan fingerprint density at radius 2 is 1.51 bits per heavy atom. The van der Waals surface area contributed by atoms with E-state index in [-0.39, 0.29) is 17.1 Å². The number of benzene rings is 3. The molecule has 1 atom stereocenters. The standard InChI is InChI=1S/C29H31F2N3O/c1-20(2)34-19-29(27(34)23-10-8-22(9-11-23)21-6-4-3-5-7-21)12-14-33(15-13-29)28(35)32-26-17-24(30)16-25(31)18-26/h3-11,16-18,20,27H,12-15,19H2,1-2H3,(H,32,35). The van der Waals surface area contributed by atoms with Crippen LogP contribution in [0.2, 0.25) is 0 Å². The molecule has 0 radical (unpaired) electrons. The molecule has 1 N–H and O–H groups in total. The van der Waals surface area contributed by atoms with Crippen LogP contribution in [0.15, 0.2) is 72.8 Å². The van der Waals surface area contributed by atoms with Gasteiger partial charge in [-0.2, -0.15) is 0 Å². The maximum absolute atomic E-state index is 13.5. The van der Waals surface area contributed by atoms with Gasteiger partial charge in [0.25, 0.3) is 0 Å². The second kappa shape index (κ2) is 9.42. The maximum Gasteiger partial charge on any atom is 0.321 e. The highest BCUT2D eigenvalue weighted by atomic mass is 19.1. The van der Waals surface area contributed by atoms with Gasteiger partial charge >= 0.3 is 6.03 Å². The van der Waals surface area contributed by atoms with Crippen molar-refractivity contribution >= 4 is 11.7 Å². The molecule has 2 aliphatic rings. The van der Waals surface area contributed by atoms with E-state index in [2.05, 4.69) is 72.6 Å². The fourth-order valence-corrected chi connectivity index (χ4v) is 5.71. The Morgan fingerprint density at radius 3 is 2.11 bits per heavy atom. The van der Waals surface area contributed by atoms with Crippen LogP contribution in [0.1, 0.15) is 38.3 Å². The second-order valence-electron chi connectivity index (χ2n) is 10.1. The van der Waals surface area contributed by atoms with Crippen LogP contribution >= 0.6 is 0 Å². The number of amides is 2. The van der Waals surface area contributed by atoms with Crippen molar-refractivity contribution in [3.8, 4) is 11.1 Å². The van der Waals surface area contributed by atoms with Gasteiger partial charge in [-0.05, 0) is 55.5 Å². The lowest BCUT2D eigenvalue weighted by atomic mass is 9.62. The van der Waals surface area contributed by atoms with Gasteiger partial charge in [0.1, 0.15) is 11.6 Å². The highest BCUT2D eigenvalue weighted by molar-refractivity contribution is 5.89. The normalized spacial score (nSPS) is 19.6. The summed E-state index contributed by atoms with van der Waals surface area (Å²) in [6.45, 7) is 6.72. The predicted molar refractivity (Wildman–Crippen MR) is 135 cm³/mol. The largest absolute Gasteiger partial charge is 0.324 e. The Morgan fingerprint density at radius 1 is 0.914 bits per heavy atom. The van der Waals surface area contributed by atoms with Gasteiger partial charge in [-0.15, -0.1) is 0 Å². The third-order valence-electron chi connectivity index (χ3n) is 7.57. The summed E-state index contributed by atoms with van der Waals surface area (Å²) in [5.41, 5.74) is 4.00. The number of piperidine rings is 1. The van der Waals surface area contributed by atoms with Crippen molar-refractivity contribution in [3.05, 3.63) is 90.0 Å². The molecule has 1 unspecified atom stereocenters. The molecule has 6 heteroatoms.